The van der Waals surface area contributed by atoms with Crippen molar-refractivity contribution in [2.75, 3.05) is 13.2 Å². The van der Waals surface area contributed by atoms with Gasteiger partial charge in [-0.2, -0.15) is 0 Å². The van der Waals surface area contributed by atoms with Crippen LogP contribution in [0.3, 0.4) is 0 Å². The maximum atomic E-state index is 5.67. The number of hydrogen-bond donors (Lipinski definition) is 1. The Hall–Kier alpha value is 0.130. The fourth-order valence-electron chi connectivity index (χ4n) is 1.56. The monoisotopic (exact) mass is 229 g/mol. The molecule has 0 rings (SSSR count). The van der Waals surface area contributed by atoms with Crippen LogP contribution in [0.25, 0.3) is 0 Å². The second-order valence-corrected chi connectivity index (χ2v) is 6.14. The lowest BCUT2D eigenvalue weighted by Gasteiger charge is -2.10. The van der Waals surface area contributed by atoms with Crippen LogP contribution in [0, 0.1) is 11.8 Å². The van der Waals surface area contributed by atoms with Crippen LogP contribution in [0.4, 0.5) is 0 Å². The van der Waals surface area contributed by atoms with E-state index in [1.165, 1.54) is 19.3 Å². The third-order valence-corrected chi connectivity index (χ3v) is 3.91. The summed E-state index contributed by atoms with van der Waals surface area (Å²) in [7, 11) is 0.935. The molecule has 2 unspecified atom stereocenters. The SMILES string of the molecule is CP[C@H](/C=C\C(C)CCCC(C)C)CN. The standard InChI is InChI=1S/C13H28NP/c1-11(2)6-5-7-12(3)8-9-13(10-14)15-4/h8-9,11-13,15H,5-7,10,14H2,1-4H3/b9-8-/t12?,13-/m1/s1. The Labute approximate surface area is 97.7 Å². The Bertz CT molecular complexity index is 162. The Morgan fingerprint density at radius 3 is 2.27 bits per heavy atom. The Balaban J connectivity index is 3.67. The van der Waals surface area contributed by atoms with Crippen LogP contribution in [0.2, 0.25) is 0 Å². The molecule has 0 aliphatic heterocycles. The van der Waals surface area contributed by atoms with Gasteiger partial charge in [0.05, 0.1) is 0 Å². The molecule has 0 saturated heterocycles. The van der Waals surface area contributed by atoms with E-state index >= 15 is 0 Å². The van der Waals surface area contributed by atoms with Crippen LogP contribution in [0.15, 0.2) is 12.2 Å². The maximum Gasteiger partial charge on any atom is 0.00628 e. The van der Waals surface area contributed by atoms with Gasteiger partial charge in [-0.15, -0.1) is 8.58 Å². The molecular formula is C13H28NP. The molecule has 0 fully saturated rings. The number of allylic oxidation sites excluding steroid dienone is 1. The summed E-state index contributed by atoms with van der Waals surface area (Å²) in [6.07, 6.45) is 8.70. The number of hydrogen-bond acceptors (Lipinski definition) is 1. The Kier molecular flexibility index (Phi) is 9.44. The fourth-order valence-corrected chi connectivity index (χ4v) is 2.10. The molecule has 0 aromatic carbocycles. The highest BCUT2D eigenvalue weighted by atomic mass is 31.1. The van der Waals surface area contributed by atoms with Crippen LogP contribution in [0.1, 0.15) is 40.0 Å². The number of nitrogens with two attached hydrogens (primary N) is 1. The van der Waals surface area contributed by atoms with Crippen LogP contribution in [-0.2, 0) is 0 Å². The van der Waals surface area contributed by atoms with Crippen LogP contribution in [0.5, 0.6) is 0 Å². The molecule has 2 heteroatoms. The van der Waals surface area contributed by atoms with Gasteiger partial charge in [0.15, 0.2) is 0 Å². The zero-order valence-electron chi connectivity index (χ0n) is 10.8. The minimum absolute atomic E-state index is 0.609. The minimum atomic E-state index is 0.609. The predicted molar refractivity (Wildman–Crippen MR) is 74.1 cm³/mol. The molecule has 0 aromatic heterocycles. The van der Waals surface area contributed by atoms with E-state index in [0.29, 0.717) is 11.6 Å². The molecule has 3 atom stereocenters. The van der Waals surface area contributed by atoms with E-state index in [9.17, 15) is 0 Å². The minimum Gasteiger partial charge on any atom is -0.330 e. The van der Waals surface area contributed by atoms with Gasteiger partial charge in [-0.1, -0.05) is 45.8 Å². The van der Waals surface area contributed by atoms with Crippen molar-refractivity contribution in [1.82, 2.24) is 0 Å². The van der Waals surface area contributed by atoms with Gasteiger partial charge in [0.1, 0.15) is 0 Å². The van der Waals surface area contributed by atoms with Crippen molar-refractivity contribution in [2.45, 2.75) is 45.7 Å². The summed E-state index contributed by atoms with van der Waals surface area (Å²) in [6, 6.07) is 0. The molecule has 0 aromatic rings. The second-order valence-electron chi connectivity index (χ2n) is 4.82. The first-order valence-electron chi connectivity index (χ1n) is 6.15. The quantitative estimate of drug-likeness (QED) is 0.499. The van der Waals surface area contributed by atoms with E-state index in [-0.39, 0.29) is 0 Å². The van der Waals surface area contributed by atoms with E-state index < -0.39 is 0 Å². The van der Waals surface area contributed by atoms with Gasteiger partial charge in [0.2, 0.25) is 0 Å². The highest BCUT2D eigenvalue weighted by Crippen LogP contribution is 2.17. The maximum absolute atomic E-state index is 5.67. The molecular weight excluding hydrogens is 201 g/mol. The van der Waals surface area contributed by atoms with Crippen LogP contribution in [-0.4, -0.2) is 18.9 Å². The van der Waals surface area contributed by atoms with Gasteiger partial charge in [0.25, 0.3) is 0 Å². The molecule has 0 aliphatic carbocycles. The molecule has 0 spiro atoms. The van der Waals surface area contributed by atoms with Crippen molar-refractivity contribution >= 4 is 8.58 Å². The highest BCUT2D eigenvalue weighted by Gasteiger charge is 2.01. The van der Waals surface area contributed by atoms with Crippen LogP contribution >= 0.6 is 8.58 Å². The summed E-state index contributed by atoms with van der Waals surface area (Å²) in [4.78, 5) is 0. The Morgan fingerprint density at radius 2 is 1.80 bits per heavy atom. The molecule has 1 nitrogen and oxygen atoms in total. The third-order valence-electron chi connectivity index (χ3n) is 2.74. The summed E-state index contributed by atoms with van der Waals surface area (Å²) in [5.41, 5.74) is 6.27. The molecule has 90 valence electrons. The molecule has 0 saturated carbocycles. The van der Waals surface area contributed by atoms with Crippen molar-refractivity contribution in [3.05, 3.63) is 12.2 Å². The normalized spacial score (nSPS) is 16.9. The molecule has 0 aliphatic rings. The van der Waals surface area contributed by atoms with E-state index in [1.54, 1.807) is 0 Å². The Morgan fingerprint density at radius 1 is 1.13 bits per heavy atom. The van der Waals surface area contributed by atoms with Crippen molar-refractivity contribution in [3.8, 4) is 0 Å². The largest absolute Gasteiger partial charge is 0.330 e. The predicted octanol–water partition coefficient (Wildman–Crippen LogP) is 3.64. The van der Waals surface area contributed by atoms with E-state index in [0.717, 1.165) is 21.0 Å². The van der Waals surface area contributed by atoms with Gasteiger partial charge in [-0.05, 0) is 24.9 Å². The average molecular weight is 229 g/mol. The first kappa shape index (κ1) is 15.1. The first-order valence-corrected chi connectivity index (χ1v) is 7.73. The zero-order chi connectivity index (χ0) is 11.7. The van der Waals surface area contributed by atoms with Crippen molar-refractivity contribution in [1.29, 1.82) is 0 Å². The lowest BCUT2D eigenvalue weighted by atomic mass is 9.99. The van der Waals surface area contributed by atoms with Gasteiger partial charge >= 0.3 is 0 Å². The number of rotatable bonds is 8. The van der Waals surface area contributed by atoms with Crippen molar-refractivity contribution in [2.24, 2.45) is 17.6 Å². The van der Waals surface area contributed by atoms with E-state index in [2.05, 4.69) is 39.6 Å². The summed E-state index contributed by atoms with van der Waals surface area (Å²) >= 11 is 0. The van der Waals surface area contributed by atoms with Crippen LogP contribution < -0.4 is 5.73 Å². The van der Waals surface area contributed by atoms with Gasteiger partial charge in [-0.25, -0.2) is 0 Å². The van der Waals surface area contributed by atoms with Gasteiger partial charge in [-0.3, -0.25) is 0 Å². The van der Waals surface area contributed by atoms with Gasteiger partial charge < -0.3 is 5.73 Å². The highest BCUT2D eigenvalue weighted by molar-refractivity contribution is 7.38. The van der Waals surface area contributed by atoms with Crippen molar-refractivity contribution < 1.29 is 0 Å². The smallest absolute Gasteiger partial charge is 0.00628 e. The molecule has 0 radical (unpaired) electrons. The summed E-state index contributed by atoms with van der Waals surface area (Å²) < 4.78 is 0. The van der Waals surface area contributed by atoms with E-state index in [1.807, 2.05) is 0 Å². The third kappa shape index (κ3) is 9.08. The zero-order valence-corrected chi connectivity index (χ0v) is 11.8. The van der Waals surface area contributed by atoms with Gasteiger partial charge in [0, 0.05) is 12.2 Å². The van der Waals surface area contributed by atoms with E-state index in [4.69, 9.17) is 5.73 Å². The molecule has 15 heavy (non-hydrogen) atoms. The molecule has 0 bridgehead atoms. The summed E-state index contributed by atoms with van der Waals surface area (Å²) in [6.45, 7) is 9.92. The second kappa shape index (κ2) is 9.36. The summed E-state index contributed by atoms with van der Waals surface area (Å²) in [5.74, 6) is 1.56. The summed E-state index contributed by atoms with van der Waals surface area (Å²) in [5, 5.41) is 0. The molecule has 0 heterocycles. The fraction of sp³-hybridized carbons (Fsp3) is 0.846. The topological polar surface area (TPSA) is 26.0 Å². The lowest BCUT2D eigenvalue weighted by Crippen LogP contribution is -2.12. The molecule has 0 amide bonds. The van der Waals surface area contributed by atoms with Crippen molar-refractivity contribution in [3.63, 3.8) is 0 Å². The molecule has 2 N–H and O–H groups in total. The first-order chi connectivity index (χ1) is 7.10. The average Bonchev–Trinajstić information content (AvgIpc) is 2.18. The lowest BCUT2D eigenvalue weighted by molar-refractivity contribution is 0.501.